The number of H-pyrrole nitrogens is 1. The largest absolute Gasteiger partial charge is 0.481 e. The Morgan fingerprint density at radius 2 is 1.92 bits per heavy atom. The van der Waals surface area contributed by atoms with Crippen LogP contribution in [0.25, 0.3) is 22.3 Å². The monoisotopic (exact) mass is 518 g/mol. The molecule has 1 aromatic carbocycles. The molecule has 8 nitrogen and oxygen atoms in total. The summed E-state index contributed by atoms with van der Waals surface area (Å²) in [6.45, 7) is 0. The maximum absolute atomic E-state index is 16.3. The molecule has 188 valence electrons. The van der Waals surface area contributed by atoms with Crippen molar-refractivity contribution in [2.75, 3.05) is 0 Å². The first-order valence-corrected chi connectivity index (χ1v) is 12.7. The Bertz CT molecular complexity index is 1490. The van der Waals surface area contributed by atoms with E-state index in [1.165, 1.54) is 6.20 Å². The fraction of sp³-hybridized carbons (Fsp3) is 0.333. The average molecular weight is 519 g/mol. The third-order valence-electron chi connectivity index (χ3n) is 7.94. The molecule has 2 bridgehead atoms. The van der Waals surface area contributed by atoms with Crippen LogP contribution in [0.1, 0.15) is 36.9 Å². The molecule has 3 atom stereocenters. The van der Waals surface area contributed by atoms with Crippen molar-refractivity contribution in [2.45, 2.75) is 37.9 Å². The van der Waals surface area contributed by atoms with E-state index in [0.717, 1.165) is 25.7 Å². The third kappa shape index (κ3) is 3.97. The molecule has 2 aromatic heterocycles. The van der Waals surface area contributed by atoms with Gasteiger partial charge in [-0.1, -0.05) is 41.9 Å². The zero-order valence-corrected chi connectivity index (χ0v) is 20.5. The number of aromatic amines is 1. The number of carboxylic acids is 1. The van der Waals surface area contributed by atoms with E-state index in [0.29, 0.717) is 33.0 Å². The summed E-state index contributed by atoms with van der Waals surface area (Å²) in [7, 11) is 0. The Kier molecular flexibility index (Phi) is 5.94. The highest BCUT2D eigenvalue weighted by Crippen LogP contribution is 2.46. The molecule has 4 N–H and O–H groups in total. The molecule has 3 saturated carbocycles. The van der Waals surface area contributed by atoms with Crippen LogP contribution in [0.15, 0.2) is 54.0 Å². The van der Waals surface area contributed by atoms with Crippen LogP contribution in [-0.2, 0) is 4.79 Å². The number of aromatic nitrogens is 3. The van der Waals surface area contributed by atoms with Gasteiger partial charge in [-0.2, -0.15) is 10.4 Å². The molecule has 10 heteroatoms. The van der Waals surface area contributed by atoms with Crippen molar-refractivity contribution >= 4 is 39.9 Å². The molecule has 0 spiro atoms. The summed E-state index contributed by atoms with van der Waals surface area (Å²) in [4.78, 5) is 16.5. The van der Waals surface area contributed by atoms with E-state index in [9.17, 15) is 15.2 Å². The van der Waals surface area contributed by atoms with Gasteiger partial charge >= 0.3 is 5.97 Å². The standard InChI is InChI=1S/C27H24ClFN6O2/c28-16-10-17-24(34-35-25(17)31-12-16)23-18(11-30)19(13-4-2-1-3-5-13)21(29)26(33-23)32-22-15-8-6-14(7-9-15)20(22)27(36)37/h1-5,10,12,14-15,20,22,26,32-33H,6-9H2,(H,36,37)(H,31,34,35). The molecule has 0 radical (unpaired) electrons. The molecule has 0 amide bonds. The van der Waals surface area contributed by atoms with Gasteiger partial charge in [-0.25, -0.2) is 9.37 Å². The van der Waals surface area contributed by atoms with Crippen molar-refractivity contribution in [3.05, 3.63) is 70.3 Å². The number of nitrogens with one attached hydrogen (secondary N) is 3. The number of dihydropyridines is 1. The van der Waals surface area contributed by atoms with Gasteiger partial charge in [0.1, 0.15) is 18.1 Å². The number of carboxylic acid groups (broad SMARTS) is 1. The summed E-state index contributed by atoms with van der Waals surface area (Å²) in [6, 6.07) is 12.3. The highest BCUT2D eigenvalue weighted by molar-refractivity contribution is 6.31. The van der Waals surface area contributed by atoms with Crippen LogP contribution in [0.2, 0.25) is 5.02 Å². The molecule has 3 fully saturated rings. The number of hydrogen-bond acceptors (Lipinski definition) is 6. The van der Waals surface area contributed by atoms with E-state index in [4.69, 9.17) is 11.6 Å². The molecule has 3 heterocycles. The number of carbonyl (C=O) groups is 1. The number of rotatable bonds is 5. The zero-order valence-electron chi connectivity index (χ0n) is 19.7. The molecule has 0 saturated heterocycles. The Morgan fingerprint density at radius 3 is 2.62 bits per heavy atom. The lowest BCUT2D eigenvalue weighted by Crippen LogP contribution is -2.60. The smallest absolute Gasteiger partial charge is 0.308 e. The second kappa shape index (κ2) is 9.29. The Morgan fingerprint density at radius 1 is 1.19 bits per heavy atom. The van der Waals surface area contributed by atoms with E-state index in [2.05, 4.69) is 31.9 Å². The maximum Gasteiger partial charge on any atom is 0.308 e. The van der Waals surface area contributed by atoms with Gasteiger partial charge in [0, 0.05) is 23.2 Å². The van der Waals surface area contributed by atoms with Crippen LogP contribution in [0.4, 0.5) is 4.39 Å². The molecule has 3 unspecified atom stereocenters. The number of pyridine rings is 1. The molecule has 37 heavy (non-hydrogen) atoms. The number of fused-ring (bicyclic) bond motifs is 4. The van der Waals surface area contributed by atoms with Crippen LogP contribution in [0.5, 0.6) is 0 Å². The summed E-state index contributed by atoms with van der Waals surface area (Å²) < 4.78 is 16.3. The third-order valence-corrected chi connectivity index (χ3v) is 8.15. The first-order chi connectivity index (χ1) is 18.0. The van der Waals surface area contributed by atoms with Crippen molar-refractivity contribution < 1.29 is 14.3 Å². The van der Waals surface area contributed by atoms with E-state index < -0.39 is 29.9 Å². The Balaban J connectivity index is 1.49. The van der Waals surface area contributed by atoms with Crippen molar-refractivity contribution in [1.82, 2.24) is 25.8 Å². The van der Waals surface area contributed by atoms with Gasteiger partial charge in [-0.05, 0) is 49.1 Å². The normalized spacial score (nSPS) is 27.3. The minimum atomic E-state index is -1.04. The number of halogens is 2. The van der Waals surface area contributed by atoms with Crippen molar-refractivity contribution in [3.63, 3.8) is 0 Å². The highest BCUT2D eigenvalue weighted by Gasteiger charge is 2.48. The summed E-state index contributed by atoms with van der Waals surface area (Å²) in [6.07, 6.45) is 4.02. The topological polar surface area (TPSA) is 127 Å². The number of hydrogen-bond donors (Lipinski definition) is 4. The molecule has 3 aromatic rings. The maximum atomic E-state index is 16.3. The first-order valence-electron chi connectivity index (χ1n) is 12.3. The molecule has 7 rings (SSSR count). The second-order valence-electron chi connectivity index (χ2n) is 9.88. The molecule has 1 aliphatic heterocycles. The average Bonchev–Trinajstić information content (AvgIpc) is 3.33. The van der Waals surface area contributed by atoms with Crippen LogP contribution in [0.3, 0.4) is 0 Å². The van der Waals surface area contributed by atoms with Crippen molar-refractivity contribution in [2.24, 2.45) is 17.8 Å². The SMILES string of the molecule is N#CC1=C(c2[nH]nc3ncc(Cl)cc23)NC(NC2C3CCC(CC3)C2C(=O)O)C(F)=C1c1ccccc1. The number of nitriles is 1. The van der Waals surface area contributed by atoms with Gasteiger partial charge in [-0.15, -0.1) is 0 Å². The van der Waals surface area contributed by atoms with Crippen LogP contribution >= 0.6 is 11.6 Å². The quantitative estimate of drug-likeness (QED) is 0.387. The van der Waals surface area contributed by atoms with Gasteiger partial charge in [0.2, 0.25) is 0 Å². The summed E-state index contributed by atoms with van der Waals surface area (Å²) >= 11 is 6.20. The lowest BCUT2D eigenvalue weighted by molar-refractivity contribution is -0.150. The molecule has 3 aliphatic carbocycles. The van der Waals surface area contributed by atoms with Gasteiger partial charge < -0.3 is 10.4 Å². The molecular formula is C27H24ClFN6O2. The number of aliphatic carboxylic acids is 1. The summed E-state index contributed by atoms with van der Waals surface area (Å²) in [5.74, 6) is -1.80. The fourth-order valence-electron chi connectivity index (χ4n) is 6.28. The Labute approximate surface area is 217 Å². The van der Waals surface area contributed by atoms with Crippen molar-refractivity contribution in [3.8, 4) is 6.07 Å². The number of nitrogens with zero attached hydrogens (tertiary/aromatic N) is 3. The van der Waals surface area contributed by atoms with Crippen LogP contribution in [0, 0.1) is 29.1 Å². The van der Waals surface area contributed by atoms with E-state index >= 15 is 4.39 Å². The number of allylic oxidation sites excluding steroid dienone is 2. The first kappa shape index (κ1) is 23.6. The summed E-state index contributed by atoms with van der Waals surface area (Å²) in [5, 5.41) is 34.9. The van der Waals surface area contributed by atoms with Gasteiger partial charge in [-0.3, -0.25) is 15.2 Å². The summed E-state index contributed by atoms with van der Waals surface area (Å²) in [5.41, 5.74) is 2.01. The predicted octanol–water partition coefficient (Wildman–Crippen LogP) is 4.64. The van der Waals surface area contributed by atoms with Gasteiger partial charge in [0.15, 0.2) is 5.65 Å². The highest BCUT2D eigenvalue weighted by atomic mass is 35.5. The minimum Gasteiger partial charge on any atom is -0.481 e. The van der Waals surface area contributed by atoms with E-state index in [1.807, 2.05) is 6.07 Å². The molecular weight excluding hydrogens is 495 g/mol. The van der Waals surface area contributed by atoms with Crippen LogP contribution < -0.4 is 10.6 Å². The van der Waals surface area contributed by atoms with Crippen molar-refractivity contribution in [1.29, 1.82) is 5.26 Å². The van der Waals surface area contributed by atoms with Gasteiger partial charge in [0.25, 0.3) is 0 Å². The lowest BCUT2D eigenvalue weighted by atomic mass is 9.61. The predicted molar refractivity (Wildman–Crippen MR) is 136 cm³/mol. The Hall–Kier alpha value is -3.74. The van der Waals surface area contributed by atoms with E-state index in [-0.39, 0.29) is 23.0 Å². The lowest BCUT2D eigenvalue weighted by Gasteiger charge is -2.48. The zero-order chi connectivity index (χ0) is 25.7. The van der Waals surface area contributed by atoms with Gasteiger partial charge in [0.05, 0.1) is 27.9 Å². The minimum absolute atomic E-state index is 0.0682. The number of benzene rings is 1. The van der Waals surface area contributed by atoms with Crippen LogP contribution in [-0.4, -0.2) is 38.5 Å². The second-order valence-corrected chi connectivity index (χ2v) is 10.3. The molecule has 4 aliphatic rings. The van der Waals surface area contributed by atoms with E-state index in [1.54, 1.807) is 30.3 Å². The fourth-order valence-corrected chi connectivity index (χ4v) is 6.44.